The second-order valence-corrected chi connectivity index (χ2v) is 4.74. The van der Waals surface area contributed by atoms with E-state index >= 15 is 0 Å². The third-order valence-electron chi connectivity index (χ3n) is 2.84. The zero-order chi connectivity index (χ0) is 12.7. The first kappa shape index (κ1) is 14.5. The van der Waals surface area contributed by atoms with Crippen LogP contribution in [0.5, 0.6) is 0 Å². The zero-order valence-corrected chi connectivity index (χ0v) is 11.7. The summed E-state index contributed by atoms with van der Waals surface area (Å²) >= 11 is 6.25. The van der Waals surface area contributed by atoms with E-state index in [1.807, 2.05) is 6.07 Å². The van der Waals surface area contributed by atoms with Gasteiger partial charge in [-0.25, -0.2) is 0 Å². The van der Waals surface area contributed by atoms with E-state index in [0.29, 0.717) is 6.04 Å². The minimum Gasteiger partial charge on any atom is -0.385 e. The molecule has 0 aliphatic rings. The van der Waals surface area contributed by atoms with Crippen LogP contribution >= 0.6 is 11.6 Å². The van der Waals surface area contributed by atoms with E-state index in [-0.39, 0.29) is 0 Å². The van der Waals surface area contributed by atoms with Crippen molar-refractivity contribution in [3.8, 4) is 0 Å². The Labute approximate surface area is 109 Å². The molecule has 0 radical (unpaired) electrons. The second kappa shape index (κ2) is 7.70. The maximum Gasteiger partial charge on any atom is 0.0477 e. The maximum atomic E-state index is 6.25. The largest absolute Gasteiger partial charge is 0.385 e. The molecule has 0 saturated heterocycles. The summed E-state index contributed by atoms with van der Waals surface area (Å²) in [7, 11) is 1.74. The summed E-state index contributed by atoms with van der Waals surface area (Å²) in [4.78, 5) is 0. The van der Waals surface area contributed by atoms with Gasteiger partial charge in [0.2, 0.25) is 0 Å². The van der Waals surface area contributed by atoms with E-state index in [1.54, 1.807) is 7.11 Å². The smallest absolute Gasteiger partial charge is 0.0477 e. The lowest BCUT2D eigenvalue weighted by atomic mass is 10.0. The Morgan fingerprint density at radius 1 is 1.41 bits per heavy atom. The van der Waals surface area contributed by atoms with Gasteiger partial charge in [0.1, 0.15) is 0 Å². The van der Waals surface area contributed by atoms with Gasteiger partial charge in [0.15, 0.2) is 0 Å². The summed E-state index contributed by atoms with van der Waals surface area (Å²) in [5.74, 6) is 0. The monoisotopic (exact) mass is 255 g/mol. The van der Waals surface area contributed by atoms with E-state index in [4.69, 9.17) is 16.3 Å². The molecule has 0 aliphatic carbocycles. The highest BCUT2D eigenvalue weighted by molar-refractivity contribution is 6.31. The molecular formula is C14H22ClNO. The van der Waals surface area contributed by atoms with Crippen LogP contribution in [-0.4, -0.2) is 26.3 Å². The highest BCUT2D eigenvalue weighted by Crippen LogP contribution is 2.19. The molecule has 0 aliphatic heterocycles. The second-order valence-electron chi connectivity index (χ2n) is 4.34. The third kappa shape index (κ3) is 5.07. The molecule has 2 nitrogen and oxygen atoms in total. The molecule has 0 fully saturated rings. The minimum absolute atomic E-state index is 0.431. The molecule has 1 rings (SSSR count). The van der Waals surface area contributed by atoms with Crippen LogP contribution in [0.4, 0.5) is 0 Å². The first-order chi connectivity index (χ1) is 8.17. The Kier molecular flexibility index (Phi) is 6.56. The topological polar surface area (TPSA) is 21.3 Å². The average Bonchev–Trinajstić information content (AvgIpc) is 2.29. The van der Waals surface area contributed by atoms with Gasteiger partial charge in [-0.3, -0.25) is 0 Å². The molecule has 1 unspecified atom stereocenters. The van der Waals surface area contributed by atoms with E-state index in [2.05, 4.69) is 31.3 Å². The number of hydrogen-bond acceptors (Lipinski definition) is 2. The van der Waals surface area contributed by atoms with Gasteiger partial charge in [-0.05, 0) is 43.5 Å². The fraction of sp³-hybridized carbons (Fsp3) is 0.571. The number of likely N-dealkylation sites (N-methyl/N-ethyl adjacent to an activating group) is 1. The average molecular weight is 256 g/mol. The molecular weight excluding hydrogens is 234 g/mol. The highest BCUT2D eigenvalue weighted by Gasteiger charge is 2.10. The van der Waals surface area contributed by atoms with E-state index in [0.717, 1.165) is 31.0 Å². The molecule has 0 bridgehead atoms. The molecule has 0 spiro atoms. The Morgan fingerprint density at radius 2 is 2.18 bits per heavy atom. The zero-order valence-electron chi connectivity index (χ0n) is 10.9. The van der Waals surface area contributed by atoms with Crippen molar-refractivity contribution >= 4 is 11.6 Å². The molecule has 0 amide bonds. The van der Waals surface area contributed by atoms with Crippen LogP contribution < -0.4 is 5.32 Å². The van der Waals surface area contributed by atoms with Crippen molar-refractivity contribution in [1.29, 1.82) is 0 Å². The predicted molar refractivity (Wildman–Crippen MR) is 73.9 cm³/mol. The lowest BCUT2D eigenvalue weighted by Crippen LogP contribution is -2.32. The molecule has 1 N–H and O–H groups in total. The van der Waals surface area contributed by atoms with Crippen LogP contribution in [0.1, 0.15) is 24.5 Å². The number of nitrogens with one attached hydrogen (secondary N) is 1. The summed E-state index contributed by atoms with van der Waals surface area (Å²) in [6, 6.07) is 6.69. The third-order valence-corrected chi connectivity index (χ3v) is 3.19. The van der Waals surface area contributed by atoms with E-state index in [9.17, 15) is 0 Å². The van der Waals surface area contributed by atoms with Crippen LogP contribution in [0.2, 0.25) is 5.02 Å². The summed E-state index contributed by atoms with van der Waals surface area (Å²) < 4.78 is 5.13. The molecule has 3 heteroatoms. The van der Waals surface area contributed by atoms with Crippen LogP contribution in [0.3, 0.4) is 0 Å². The van der Waals surface area contributed by atoms with Crippen molar-refractivity contribution in [1.82, 2.24) is 5.32 Å². The van der Waals surface area contributed by atoms with Crippen LogP contribution in [0.25, 0.3) is 0 Å². The van der Waals surface area contributed by atoms with Gasteiger partial charge in [0.25, 0.3) is 0 Å². The van der Waals surface area contributed by atoms with Gasteiger partial charge in [0, 0.05) is 24.8 Å². The van der Waals surface area contributed by atoms with Gasteiger partial charge in [0.05, 0.1) is 0 Å². The number of ether oxygens (including phenoxy) is 1. The van der Waals surface area contributed by atoms with Crippen molar-refractivity contribution in [2.45, 2.75) is 32.7 Å². The first-order valence-electron chi connectivity index (χ1n) is 6.14. The Balaban J connectivity index is 2.64. The molecule has 1 atom stereocenters. The molecule has 1 aromatic rings. The summed E-state index contributed by atoms with van der Waals surface area (Å²) in [5, 5.41) is 4.34. The lowest BCUT2D eigenvalue weighted by Gasteiger charge is -2.18. The van der Waals surface area contributed by atoms with Crippen LogP contribution in [0.15, 0.2) is 18.2 Å². The number of benzene rings is 1. The van der Waals surface area contributed by atoms with E-state index in [1.165, 1.54) is 11.1 Å². The minimum atomic E-state index is 0.431. The van der Waals surface area contributed by atoms with Crippen molar-refractivity contribution in [3.05, 3.63) is 34.3 Å². The standard InChI is InChI=1S/C14H22ClNO/c1-4-16-13(7-8-17-3)10-12-6-5-11(2)9-14(12)15/h5-6,9,13,16H,4,7-8,10H2,1-3H3. The molecule has 0 heterocycles. The van der Waals surface area contributed by atoms with Gasteiger partial charge in [-0.15, -0.1) is 0 Å². The number of rotatable bonds is 7. The van der Waals surface area contributed by atoms with Crippen molar-refractivity contribution in [2.24, 2.45) is 0 Å². The molecule has 0 aromatic heterocycles. The number of aryl methyl sites for hydroxylation is 1. The summed E-state index contributed by atoms with van der Waals surface area (Å²) in [5.41, 5.74) is 2.41. The first-order valence-corrected chi connectivity index (χ1v) is 6.52. The van der Waals surface area contributed by atoms with E-state index < -0.39 is 0 Å². The van der Waals surface area contributed by atoms with Gasteiger partial charge >= 0.3 is 0 Å². The summed E-state index contributed by atoms with van der Waals surface area (Å²) in [6.07, 6.45) is 1.96. The number of hydrogen-bond donors (Lipinski definition) is 1. The van der Waals surface area contributed by atoms with Crippen LogP contribution in [0, 0.1) is 6.92 Å². The number of halogens is 1. The van der Waals surface area contributed by atoms with Crippen molar-refractivity contribution in [3.63, 3.8) is 0 Å². The maximum absolute atomic E-state index is 6.25. The fourth-order valence-corrected chi connectivity index (χ4v) is 2.22. The van der Waals surface area contributed by atoms with Crippen LogP contribution in [-0.2, 0) is 11.2 Å². The predicted octanol–water partition coefficient (Wildman–Crippen LogP) is 3.21. The highest BCUT2D eigenvalue weighted by atomic mass is 35.5. The van der Waals surface area contributed by atoms with Gasteiger partial charge in [-0.1, -0.05) is 30.7 Å². The van der Waals surface area contributed by atoms with Crippen molar-refractivity contribution in [2.75, 3.05) is 20.3 Å². The number of methoxy groups -OCH3 is 1. The lowest BCUT2D eigenvalue weighted by molar-refractivity contribution is 0.183. The normalized spacial score (nSPS) is 12.7. The fourth-order valence-electron chi connectivity index (χ4n) is 1.91. The van der Waals surface area contributed by atoms with Gasteiger partial charge in [-0.2, -0.15) is 0 Å². The molecule has 0 saturated carbocycles. The molecule has 96 valence electrons. The van der Waals surface area contributed by atoms with Crippen molar-refractivity contribution < 1.29 is 4.74 Å². The Morgan fingerprint density at radius 3 is 2.76 bits per heavy atom. The molecule has 17 heavy (non-hydrogen) atoms. The summed E-state index contributed by atoms with van der Waals surface area (Å²) in [6.45, 7) is 5.93. The van der Waals surface area contributed by atoms with Gasteiger partial charge < -0.3 is 10.1 Å². The SMILES string of the molecule is CCNC(CCOC)Cc1ccc(C)cc1Cl. The Bertz CT molecular complexity index is 341. The Hall–Kier alpha value is -0.570. The molecule has 1 aromatic carbocycles. The quantitative estimate of drug-likeness (QED) is 0.808.